The lowest BCUT2D eigenvalue weighted by Gasteiger charge is -2.16. The van der Waals surface area contributed by atoms with Gasteiger partial charge in [-0.05, 0) is 22.0 Å². The summed E-state index contributed by atoms with van der Waals surface area (Å²) in [6.45, 7) is 0.387. The van der Waals surface area contributed by atoms with E-state index < -0.39 is 0 Å². The van der Waals surface area contributed by atoms with Crippen LogP contribution in [0, 0.1) is 0 Å². The van der Waals surface area contributed by atoms with E-state index in [1.54, 1.807) is 13.2 Å². The van der Waals surface area contributed by atoms with Crippen molar-refractivity contribution in [3.8, 4) is 0 Å². The molecule has 0 aromatic carbocycles. The lowest BCUT2D eigenvalue weighted by molar-refractivity contribution is 0.153. The third kappa shape index (κ3) is 3.95. The van der Waals surface area contributed by atoms with Gasteiger partial charge in [-0.25, -0.2) is 4.98 Å². The molecule has 0 aliphatic rings. The fraction of sp³-hybridized carbons (Fsp3) is 0.444. The third-order valence-corrected chi connectivity index (χ3v) is 2.55. The zero-order chi connectivity index (χ0) is 11.3. The van der Waals surface area contributed by atoms with Crippen molar-refractivity contribution in [3.63, 3.8) is 0 Å². The van der Waals surface area contributed by atoms with Crippen molar-refractivity contribution in [2.45, 2.75) is 6.04 Å². The van der Waals surface area contributed by atoms with Crippen LogP contribution in [0.15, 0.2) is 16.7 Å². The molecule has 0 bridgehead atoms. The van der Waals surface area contributed by atoms with Gasteiger partial charge in [-0.3, -0.25) is 0 Å². The molecule has 1 aromatic rings. The van der Waals surface area contributed by atoms with Gasteiger partial charge in [0, 0.05) is 13.3 Å². The smallest absolute Gasteiger partial charge is 0.140 e. The molecule has 84 valence electrons. The number of aliphatic hydroxyl groups excluding tert-OH is 1. The van der Waals surface area contributed by atoms with Crippen LogP contribution in [0.4, 0.5) is 5.82 Å². The monoisotopic (exact) mass is 294 g/mol. The Hall–Kier alpha value is -0.360. The van der Waals surface area contributed by atoms with Gasteiger partial charge >= 0.3 is 0 Å². The van der Waals surface area contributed by atoms with E-state index in [9.17, 15) is 0 Å². The summed E-state index contributed by atoms with van der Waals surface area (Å²) in [5.41, 5.74) is 0. The molecule has 1 atom stereocenters. The van der Waals surface area contributed by atoms with Crippen molar-refractivity contribution in [2.24, 2.45) is 0 Å². The summed E-state index contributed by atoms with van der Waals surface area (Å²) < 4.78 is 5.69. The average molecular weight is 296 g/mol. The quantitative estimate of drug-likeness (QED) is 0.871. The highest BCUT2D eigenvalue weighted by Crippen LogP contribution is 2.23. The van der Waals surface area contributed by atoms with Gasteiger partial charge in [0.1, 0.15) is 5.82 Å². The molecule has 0 aliphatic carbocycles. The number of aliphatic hydroxyl groups is 1. The molecule has 15 heavy (non-hydrogen) atoms. The maximum atomic E-state index is 9.05. The molecule has 0 amide bonds. The fourth-order valence-corrected chi connectivity index (χ4v) is 1.81. The van der Waals surface area contributed by atoms with Crippen molar-refractivity contribution in [2.75, 3.05) is 25.6 Å². The largest absolute Gasteiger partial charge is 0.394 e. The number of methoxy groups -OCH3 is 1. The number of hydrogen-bond donors (Lipinski definition) is 2. The fourth-order valence-electron chi connectivity index (χ4n) is 1.06. The highest BCUT2D eigenvalue weighted by atomic mass is 79.9. The standard InChI is InChI=1S/C9H12BrClN2O2/c1-15-5-7(4-14)13-9-8(10)2-6(11)3-12-9/h2-3,7,14H,4-5H2,1H3,(H,12,13). The first-order valence-electron chi connectivity index (χ1n) is 4.34. The molecule has 4 nitrogen and oxygen atoms in total. The summed E-state index contributed by atoms with van der Waals surface area (Å²) in [6, 6.07) is 1.55. The maximum absolute atomic E-state index is 9.05. The second-order valence-electron chi connectivity index (χ2n) is 2.96. The first-order chi connectivity index (χ1) is 7.17. The molecule has 0 saturated heterocycles. The molecule has 0 spiro atoms. The van der Waals surface area contributed by atoms with Crippen LogP contribution < -0.4 is 5.32 Å². The summed E-state index contributed by atoms with van der Waals surface area (Å²) in [6.07, 6.45) is 1.54. The van der Waals surface area contributed by atoms with Crippen molar-refractivity contribution in [1.82, 2.24) is 4.98 Å². The van der Waals surface area contributed by atoms with Crippen LogP contribution in [0.5, 0.6) is 0 Å². The minimum absolute atomic E-state index is 0.0232. The van der Waals surface area contributed by atoms with E-state index in [4.69, 9.17) is 21.4 Å². The summed E-state index contributed by atoms with van der Waals surface area (Å²) in [4.78, 5) is 4.09. The number of nitrogens with one attached hydrogen (secondary N) is 1. The van der Waals surface area contributed by atoms with Gasteiger partial charge in [0.15, 0.2) is 0 Å². The molecule has 0 aliphatic heterocycles. The Morgan fingerprint density at radius 1 is 1.73 bits per heavy atom. The minimum atomic E-state index is -0.181. The van der Waals surface area contributed by atoms with E-state index in [1.807, 2.05) is 0 Å². The number of aromatic nitrogens is 1. The van der Waals surface area contributed by atoms with Crippen LogP contribution in [0.2, 0.25) is 5.02 Å². The number of anilines is 1. The normalized spacial score (nSPS) is 12.5. The minimum Gasteiger partial charge on any atom is -0.394 e. The van der Waals surface area contributed by atoms with Gasteiger partial charge in [0.25, 0.3) is 0 Å². The zero-order valence-corrected chi connectivity index (χ0v) is 10.5. The Morgan fingerprint density at radius 3 is 3.00 bits per heavy atom. The average Bonchev–Trinajstić information content (AvgIpc) is 2.21. The Morgan fingerprint density at radius 2 is 2.47 bits per heavy atom. The molecule has 0 saturated carbocycles. The number of nitrogens with zero attached hydrogens (tertiary/aromatic N) is 1. The van der Waals surface area contributed by atoms with Crippen molar-refractivity contribution in [1.29, 1.82) is 0 Å². The molecule has 0 fully saturated rings. The van der Waals surface area contributed by atoms with E-state index in [1.165, 1.54) is 6.20 Å². The van der Waals surface area contributed by atoms with Gasteiger partial charge < -0.3 is 15.2 Å². The molecule has 1 rings (SSSR count). The topological polar surface area (TPSA) is 54.4 Å². The Balaban J connectivity index is 2.70. The predicted octanol–water partition coefficient (Wildman–Crippen LogP) is 1.92. The van der Waals surface area contributed by atoms with Gasteiger partial charge in [0.05, 0.1) is 28.8 Å². The number of pyridine rings is 1. The number of rotatable bonds is 5. The maximum Gasteiger partial charge on any atom is 0.140 e. The van der Waals surface area contributed by atoms with E-state index >= 15 is 0 Å². The molecular formula is C9H12BrClN2O2. The number of hydrogen-bond acceptors (Lipinski definition) is 4. The van der Waals surface area contributed by atoms with Crippen LogP contribution in [-0.4, -0.2) is 36.5 Å². The number of ether oxygens (including phenoxy) is 1. The van der Waals surface area contributed by atoms with E-state index in [0.29, 0.717) is 17.4 Å². The van der Waals surface area contributed by atoms with Crippen LogP contribution >= 0.6 is 27.5 Å². The molecule has 6 heteroatoms. The zero-order valence-electron chi connectivity index (χ0n) is 8.20. The highest BCUT2D eigenvalue weighted by molar-refractivity contribution is 9.10. The second kappa shape index (κ2) is 6.27. The Labute approximate surface area is 102 Å². The molecular weight excluding hydrogens is 283 g/mol. The first kappa shape index (κ1) is 12.7. The summed E-state index contributed by atoms with van der Waals surface area (Å²) >= 11 is 9.08. The predicted molar refractivity (Wildman–Crippen MR) is 63.3 cm³/mol. The molecule has 1 aromatic heterocycles. The van der Waals surface area contributed by atoms with E-state index in [-0.39, 0.29) is 12.6 Å². The third-order valence-electron chi connectivity index (χ3n) is 1.74. The van der Waals surface area contributed by atoms with Crippen molar-refractivity contribution in [3.05, 3.63) is 21.8 Å². The summed E-state index contributed by atoms with van der Waals surface area (Å²) in [5, 5.41) is 12.6. The van der Waals surface area contributed by atoms with Gasteiger partial charge in [-0.15, -0.1) is 0 Å². The van der Waals surface area contributed by atoms with E-state index in [0.717, 1.165) is 4.47 Å². The molecule has 1 heterocycles. The molecule has 1 unspecified atom stereocenters. The van der Waals surface area contributed by atoms with Crippen molar-refractivity contribution >= 4 is 33.3 Å². The van der Waals surface area contributed by atoms with Gasteiger partial charge in [0.2, 0.25) is 0 Å². The Bertz CT molecular complexity index is 325. The van der Waals surface area contributed by atoms with Gasteiger partial charge in [-0.1, -0.05) is 11.6 Å². The van der Waals surface area contributed by atoms with E-state index in [2.05, 4.69) is 26.2 Å². The van der Waals surface area contributed by atoms with Crippen LogP contribution in [-0.2, 0) is 4.74 Å². The SMILES string of the molecule is COCC(CO)Nc1ncc(Cl)cc1Br. The number of halogens is 2. The van der Waals surface area contributed by atoms with Crippen LogP contribution in [0.1, 0.15) is 0 Å². The summed E-state index contributed by atoms with van der Waals surface area (Å²) in [7, 11) is 1.58. The summed E-state index contributed by atoms with van der Waals surface area (Å²) in [5.74, 6) is 0.635. The van der Waals surface area contributed by atoms with Crippen LogP contribution in [0.25, 0.3) is 0 Å². The molecule has 2 N–H and O–H groups in total. The first-order valence-corrected chi connectivity index (χ1v) is 5.52. The van der Waals surface area contributed by atoms with Gasteiger partial charge in [-0.2, -0.15) is 0 Å². The second-order valence-corrected chi connectivity index (χ2v) is 4.25. The lowest BCUT2D eigenvalue weighted by atomic mass is 10.3. The molecule has 0 radical (unpaired) electrons. The van der Waals surface area contributed by atoms with Crippen molar-refractivity contribution < 1.29 is 9.84 Å². The lowest BCUT2D eigenvalue weighted by Crippen LogP contribution is -2.29. The Kier molecular flexibility index (Phi) is 5.31. The highest BCUT2D eigenvalue weighted by Gasteiger charge is 2.09. The van der Waals surface area contributed by atoms with Crippen LogP contribution in [0.3, 0.4) is 0 Å².